The van der Waals surface area contributed by atoms with Gasteiger partial charge in [0.2, 0.25) is 5.95 Å². The fraction of sp³-hybridized carbons (Fsp3) is 0.304. The van der Waals surface area contributed by atoms with Crippen LogP contribution in [0, 0.1) is 12.7 Å². The highest BCUT2D eigenvalue weighted by Crippen LogP contribution is 2.26. The predicted molar refractivity (Wildman–Crippen MR) is 123 cm³/mol. The number of nitrogen functional groups attached to an aromatic ring is 1. The molecule has 1 aliphatic heterocycles. The van der Waals surface area contributed by atoms with Crippen LogP contribution in [0.25, 0.3) is 22.6 Å². The first-order chi connectivity index (χ1) is 16.0. The first-order valence-corrected chi connectivity index (χ1v) is 10.8. The maximum Gasteiger partial charge on any atom is 0.270 e. The second kappa shape index (κ2) is 8.62. The van der Waals surface area contributed by atoms with Crippen LogP contribution in [0.2, 0.25) is 0 Å². The van der Waals surface area contributed by atoms with Crippen molar-refractivity contribution in [3.8, 4) is 11.5 Å². The summed E-state index contributed by atoms with van der Waals surface area (Å²) >= 11 is 0. The Labute approximate surface area is 189 Å². The van der Waals surface area contributed by atoms with Crippen molar-refractivity contribution in [2.45, 2.75) is 13.5 Å². The molecule has 1 saturated heterocycles. The van der Waals surface area contributed by atoms with E-state index in [4.69, 9.17) is 10.2 Å². The highest BCUT2D eigenvalue weighted by Gasteiger charge is 2.20. The molecule has 5 rings (SSSR count). The van der Waals surface area contributed by atoms with Crippen LogP contribution in [0.5, 0.6) is 0 Å². The summed E-state index contributed by atoms with van der Waals surface area (Å²) in [6.07, 6.45) is 1.28. The summed E-state index contributed by atoms with van der Waals surface area (Å²) in [6, 6.07) is 10.3. The van der Waals surface area contributed by atoms with Crippen LogP contribution in [0.1, 0.15) is 5.76 Å². The highest BCUT2D eigenvalue weighted by molar-refractivity contribution is 5.86. The Hall–Kier alpha value is -3.79. The van der Waals surface area contributed by atoms with E-state index in [0.717, 1.165) is 37.6 Å². The van der Waals surface area contributed by atoms with Gasteiger partial charge in [-0.3, -0.25) is 14.3 Å². The van der Waals surface area contributed by atoms with Crippen LogP contribution in [0.3, 0.4) is 0 Å². The molecule has 1 aliphatic rings. The van der Waals surface area contributed by atoms with Crippen molar-refractivity contribution in [3.05, 3.63) is 64.5 Å². The van der Waals surface area contributed by atoms with Crippen LogP contribution in [-0.4, -0.2) is 57.1 Å². The number of aromatic nitrogens is 4. The standard InChI is InChI=1S/C23H24FN7O2/c1-15-5-6-18(33-15)20-21-22(28-23(25)27-20)31(19(32)14-26-21)12-9-29-7-10-30(11-8-29)17-4-2-3-16(24)13-17/h2-6,13-14H,7-12H2,1H3,(H2,25,27,28). The zero-order valence-electron chi connectivity index (χ0n) is 18.2. The fourth-order valence-corrected chi connectivity index (χ4v) is 4.15. The molecule has 0 atom stereocenters. The number of furan rings is 1. The van der Waals surface area contributed by atoms with Gasteiger partial charge in [-0.1, -0.05) is 6.07 Å². The Balaban J connectivity index is 1.35. The monoisotopic (exact) mass is 449 g/mol. The number of hydrogen-bond donors (Lipinski definition) is 1. The van der Waals surface area contributed by atoms with E-state index in [-0.39, 0.29) is 17.3 Å². The van der Waals surface area contributed by atoms with Crippen molar-refractivity contribution in [2.24, 2.45) is 0 Å². The molecule has 0 bridgehead atoms. The van der Waals surface area contributed by atoms with Crippen LogP contribution in [0.15, 0.2) is 51.8 Å². The number of piperazine rings is 1. The van der Waals surface area contributed by atoms with Gasteiger partial charge in [-0.2, -0.15) is 4.98 Å². The molecule has 1 aromatic carbocycles. The number of aryl methyl sites for hydroxylation is 1. The first kappa shape index (κ1) is 21.1. The van der Waals surface area contributed by atoms with Gasteiger partial charge in [-0.15, -0.1) is 0 Å². The Morgan fingerprint density at radius 1 is 1.09 bits per heavy atom. The zero-order valence-corrected chi connectivity index (χ0v) is 18.2. The van der Waals surface area contributed by atoms with E-state index in [2.05, 4.69) is 24.8 Å². The topological polar surface area (TPSA) is 106 Å². The van der Waals surface area contributed by atoms with Crippen LogP contribution >= 0.6 is 0 Å². The van der Waals surface area contributed by atoms with Crippen molar-refractivity contribution < 1.29 is 8.81 Å². The molecule has 33 heavy (non-hydrogen) atoms. The molecule has 0 aliphatic carbocycles. The molecule has 0 radical (unpaired) electrons. The van der Waals surface area contributed by atoms with E-state index >= 15 is 0 Å². The van der Waals surface area contributed by atoms with Gasteiger partial charge in [0.05, 0.1) is 6.20 Å². The molecule has 0 amide bonds. The van der Waals surface area contributed by atoms with Crippen molar-refractivity contribution in [1.29, 1.82) is 0 Å². The molecule has 1 fully saturated rings. The largest absolute Gasteiger partial charge is 0.460 e. The lowest BCUT2D eigenvalue weighted by atomic mass is 10.2. The number of rotatable bonds is 5. The summed E-state index contributed by atoms with van der Waals surface area (Å²) in [5, 5.41) is 0. The lowest BCUT2D eigenvalue weighted by Crippen LogP contribution is -2.47. The van der Waals surface area contributed by atoms with Crippen molar-refractivity contribution >= 4 is 22.8 Å². The second-order valence-corrected chi connectivity index (χ2v) is 8.07. The van der Waals surface area contributed by atoms with Gasteiger partial charge in [0.25, 0.3) is 5.56 Å². The summed E-state index contributed by atoms with van der Waals surface area (Å²) in [5.74, 6) is 1.08. The Kier molecular flexibility index (Phi) is 5.51. The van der Waals surface area contributed by atoms with Gasteiger partial charge in [0, 0.05) is 45.0 Å². The van der Waals surface area contributed by atoms with E-state index in [9.17, 15) is 9.18 Å². The van der Waals surface area contributed by atoms with Crippen LogP contribution in [0.4, 0.5) is 16.0 Å². The summed E-state index contributed by atoms with van der Waals surface area (Å²) in [7, 11) is 0. The molecular weight excluding hydrogens is 425 g/mol. The molecule has 0 unspecified atom stereocenters. The average Bonchev–Trinajstić information content (AvgIpc) is 3.24. The fourth-order valence-electron chi connectivity index (χ4n) is 4.15. The normalized spacial score (nSPS) is 14.8. The molecular formula is C23H24FN7O2. The maximum absolute atomic E-state index is 13.5. The Morgan fingerprint density at radius 3 is 2.64 bits per heavy atom. The zero-order chi connectivity index (χ0) is 22.9. The van der Waals surface area contributed by atoms with E-state index in [1.807, 2.05) is 19.1 Å². The van der Waals surface area contributed by atoms with Gasteiger partial charge in [-0.25, -0.2) is 14.4 Å². The highest BCUT2D eigenvalue weighted by atomic mass is 19.1. The summed E-state index contributed by atoms with van der Waals surface area (Å²) in [6.45, 7) is 6.12. The van der Waals surface area contributed by atoms with Crippen molar-refractivity contribution in [2.75, 3.05) is 43.4 Å². The molecule has 2 N–H and O–H groups in total. The number of benzene rings is 1. The number of nitrogens with zero attached hydrogens (tertiary/aromatic N) is 6. The third kappa shape index (κ3) is 4.29. The van der Waals surface area contributed by atoms with Crippen LogP contribution in [-0.2, 0) is 6.54 Å². The molecule has 3 aromatic heterocycles. The molecule has 0 spiro atoms. The number of halogens is 1. The summed E-state index contributed by atoms with van der Waals surface area (Å²) < 4.78 is 20.8. The number of nitrogens with two attached hydrogens (primary N) is 1. The summed E-state index contributed by atoms with van der Waals surface area (Å²) in [5.41, 5.74) is 7.91. The summed E-state index contributed by atoms with van der Waals surface area (Å²) in [4.78, 5) is 30.0. The lowest BCUT2D eigenvalue weighted by molar-refractivity contribution is 0.248. The van der Waals surface area contributed by atoms with Gasteiger partial charge in [0.1, 0.15) is 22.8 Å². The Morgan fingerprint density at radius 2 is 1.91 bits per heavy atom. The van der Waals surface area contributed by atoms with E-state index < -0.39 is 0 Å². The third-order valence-electron chi connectivity index (χ3n) is 5.87. The lowest BCUT2D eigenvalue weighted by Gasteiger charge is -2.36. The van der Waals surface area contributed by atoms with Crippen molar-refractivity contribution in [3.63, 3.8) is 0 Å². The van der Waals surface area contributed by atoms with E-state index in [1.165, 1.54) is 12.3 Å². The average molecular weight is 449 g/mol. The number of hydrogen-bond acceptors (Lipinski definition) is 8. The Bertz CT molecular complexity index is 1360. The molecule has 170 valence electrons. The molecule has 4 aromatic rings. The minimum absolute atomic E-state index is 0.0522. The first-order valence-electron chi connectivity index (χ1n) is 10.8. The molecule has 9 nitrogen and oxygen atoms in total. The predicted octanol–water partition coefficient (Wildman–Crippen LogP) is 2.30. The number of anilines is 2. The molecule has 4 heterocycles. The molecule has 0 saturated carbocycles. The number of fused-ring (bicyclic) bond motifs is 1. The maximum atomic E-state index is 13.5. The van der Waals surface area contributed by atoms with Crippen LogP contribution < -0.4 is 16.2 Å². The minimum Gasteiger partial charge on any atom is -0.460 e. The van der Waals surface area contributed by atoms with Gasteiger partial charge >= 0.3 is 0 Å². The smallest absolute Gasteiger partial charge is 0.270 e. The third-order valence-corrected chi connectivity index (χ3v) is 5.87. The van der Waals surface area contributed by atoms with E-state index in [0.29, 0.717) is 35.7 Å². The molecule has 10 heteroatoms. The van der Waals surface area contributed by atoms with Gasteiger partial charge < -0.3 is 15.1 Å². The minimum atomic E-state index is -0.249. The second-order valence-electron chi connectivity index (χ2n) is 8.07. The van der Waals surface area contributed by atoms with Gasteiger partial charge in [0.15, 0.2) is 11.4 Å². The van der Waals surface area contributed by atoms with E-state index in [1.54, 1.807) is 22.8 Å². The van der Waals surface area contributed by atoms with Gasteiger partial charge in [-0.05, 0) is 37.3 Å². The quantitative estimate of drug-likeness (QED) is 0.495. The van der Waals surface area contributed by atoms with Crippen molar-refractivity contribution in [1.82, 2.24) is 24.4 Å². The SMILES string of the molecule is Cc1ccc(-c2nc(N)nc3c2ncc(=O)n3CCN2CCN(c3cccc(F)c3)CC2)o1.